The number of fused-ring (bicyclic) bond motifs is 2. The van der Waals surface area contributed by atoms with Gasteiger partial charge in [-0.2, -0.15) is 0 Å². The molecule has 0 saturated carbocycles. The molecule has 334 valence electrons. The number of carbonyl (C=O) groups excluding carboxylic acids is 3. The zero-order chi connectivity index (χ0) is 44.9. The standard InChI is InChI=1S/C27H32BrN3O5.C18H23BrIN3O3/c1-17-12-19(6-7-21(17)25(32)34-5)23-14-29-24-22(13-20(28)16-30(23)24)31(26(33)36-27(2,3)4)15-18-8-10-35-11-9-18;1-18(2,3)26-17(24)22(10-12-4-6-25-7-5-12)14-8-13(19)11-23-15(20)9-21-16(14)23/h6-7,12-14,16,18H,8-11,15H2,1-5H3;8-9,11-12H,4-7,10H2,1-3H3. The van der Waals surface area contributed by atoms with Gasteiger partial charge in [-0.1, -0.05) is 6.07 Å². The van der Waals surface area contributed by atoms with Crippen LogP contribution in [0.1, 0.15) is 83.1 Å². The van der Waals surface area contributed by atoms with E-state index < -0.39 is 17.3 Å². The van der Waals surface area contributed by atoms with Crippen molar-refractivity contribution in [2.75, 3.05) is 56.4 Å². The first-order valence-corrected chi connectivity index (χ1v) is 23.3. The fraction of sp³-hybridized carbons (Fsp3) is 0.489. The zero-order valence-electron chi connectivity index (χ0n) is 36.5. The average molecular weight is 1090 g/mol. The topological polar surface area (TPSA) is 138 Å². The minimum absolute atomic E-state index is 0.299. The van der Waals surface area contributed by atoms with E-state index in [9.17, 15) is 14.4 Å². The van der Waals surface area contributed by atoms with Gasteiger partial charge in [0.25, 0.3) is 0 Å². The smallest absolute Gasteiger partial charge is 0.414 e. The van der Waals surface area contributed by atoms with Gasteiger partial charge in [-0.3, -0.25) is 18.6 Å². The van der Waals surface area contributed by atoms with Crippen LogP contribution in [0.25, 0.3) is 22.6 Å². The summed E-state index contributed by atoms with van der Waals surface area (Å²) in [6.07, 6.45) is 10.4. The predicted octanol–water partition coefficient (Wildman–Crippen LogP) is 10.9. The number of hydrogen-bond donors (Lipinski definition) is 0. The lowest BCUT2D eigenvalue weighted by Crippen LogP contribution is -2.41. The third-order valence-electron chi connectivity index (χ3n) is 10.4. The Hall–Kier alpha value is -3.78. The van der Waals surface area contributed by atoms with Gasteiger partial charge in [-0.25, -0.2) is 24.4 Å². The molecule has 0 spiro atoms. The van der Waals surface area contributed by atoms with Crippen molar-refractivity contribution in [3.05, 3.63) is 78.9 Å². The third kappa shape index (κ3) is 12.1. The molecule has 6 heterocycles. The molecule has 0 unspecified atom stereocenters. The molecule has 5 aromatic rings. The van der Waals surface area contributed by atoms with Gasteiger partial charge in [0.15, 0.2) is 11.3 Å². The third-order valence-corrected chi connectivity index (χ3v) is 12.0. The van der Waals surface area contributed by atoms with Crippen LogP contribution >= 0.6 is 54.5 Å². The Labute approximate surface area is 393 Å². The largest absolute Gasteiger partial charge is 0.465 e. The highest BCUT2D eigenvalue weighted by molar-refractivity contribution is 14.1. The molecule has 7 rings (SSSR count). The predicted molar refractivity (Wildman–Crippen MR) is 254 cm³/mol. The Kier molecular flexibility index (Phi) is 15.7. The van der Waals surface area contributed by atoms with Crippen molar-refractivity contribution in [1.82, 2.24) is 18.8 Å². The number of imidazole rings is 2. The Bertz CT molecular complexity index is 2400. The number of esters is 1. The first-order valence-electron chi connectivity index (χ1n) is 20.7. The molecule has 2 amide bonds. The fourth-order valence-corrected chi connectivity index (χ4v) is 8.72. The number of aryl methyl sites for hydroxylation is 1. The molecule has 0 N–H and O–H groups in total. The number of nitrogens with zero attached hydrogens (tertiary/aromatic N) is 6. The number of amides is 2. The van der Waals surface area contributed by atoms with Gasteiger partial charge in [0, 0.05) is 66.4 Å². The Morgan fingerprint density at radius 1 is 0.758 bits per heavy atom. The van der Waals surface area contributed by atoms with Crippen LogP contribution in [0.15, 0.2) is 64.1 Å². The van der Waals surface area contributed by atoms with Gasteiger partial charge in [-0.05, 0) is 170 Å². The molecule has 2 aliphatic heterocycles. The number of methoxy groups -OCH3 is 1. The summed E-state index contributed by atoms with van der Waals surface area (Å²) in [7, 11) is 1.37. The first kappa shape index (κ1) is 47.7. The van der Waals surface area contributed by atoms with Crippen molar-refractivity contribution in [3.63, 3.8) is 0 Å². The molecular weight excluding hydrogens is 1040 g/mol. The number of hydrogen-bond acceptors (Lipinski definition) is 10. The molecule has 2 fully saturated rings. The summed E-state index contributed by atoms with van der Waals surface area (Å²) in [5.74, 6) is 0.306. The maximum atomic E-state index is 13.4. The Balaban J connectivity index is 0.000000218. The van der Waals surface area contributed by atoms with Crippen molar-refractivity contribution in [2.24, 2.45) is 11.8 Å². The Morgan fingerprint density at radius 2 is 1.23 bits per heavy atom. The van der Waals surface area contributed by atoms with Crippen LogP contribution in [-0.2, 0) is 23.7 Å². The molecule has 0 radical (unpaired) electrons. The second-order valence-corrected chi connectivity index (χ2v) is 20.4. The van der Waals surface area contributed by atoms with Crippen LogP contribution in [-0.4, -0.2) is 94.8 Å². The van der Waals surface area contributed by atoms with Gasteiger partial charge in [0.1, 0.15) is 14.9 Å². The monoisotopic (exact) mass is 1090 g/mol. The molecule has 62 heavy (non-hydrogen) atoms. The van der Waals surface area contributed by atoms with Crippen molar-refractivity contribution >= 4 is 95.3 Å². The van der Waals surface area contributed by atoms with E-state index >= 15 is 0 Å². The SMILES string of the molecule is CC(C)(C)OC(=O)N(CC1CCOCC1)c1cc(Br)cn2c(I)cnc12.COC(=O)c1ccc(-c2cnc3c(N(CC4CCOCC4)C(=O)OC(C)(C)C)cc(Br)cn23)cc1C. The summed E-state index contributed by atoms with van der Waals surface area (Å²) in [5, 5.41) is 0. The van der Waals surface area contributed by atoms with E-state index in [0.717, 1.165) is 79.7 Å². The first-order chi connectivity index (χ1) is 29.3. The minimum Gasteiger partial charge on any atom is -0.465 e. The van der Waals surface area contributed by atoms with E-state index in [-0.39, 0.29) is 12.1 Å². The molecule has 14 nitrogen and oxygen atoms in total. The number of benzene rings is 1. The number of halogens is 3. The maximum Gasteiger partial charge on any atom is 0.414 e. The molecule has 2 aliphatic rings. The molecule has 17 heteroatoms. The van der Waals surface area contributed by atoms with Crippen LogP contribution in [0.3, 0.4) is 0 Å². The molecule has 4 aromatic heterocycles. The number of pyridine rings is 2. The van der Waals surface area contributed by atoms with Crippen LogP contribution in [0, 0.1) is 22.5 Å². The fourth-order valence-electron chi connectivity index (χ4n) is 7.37. The number of aromatic nitrogens is 4. The lowest BCUT2D eigenvalue weighted by molar-refractivity contribution is 0.0510. The summed E-state index contributed by atoms with van der Waals surface area (Å²) >= 11 is 9.41. The number of rotatable bonds is 8. The van der Waals surface area contributed by atoms with E-state index in [1.54, 1.807) is 28.3 Å². The lowest BCUT2D eigenvalue weighted by Gasteiger charge is -2.32. The average Bonchev–Trinajstić information content (AvgIpc) is 3.81. The molecule has 1 aromatic carbocycles. The van der Waals surface area contributed by atoms with Crippen LogP contribution < -0.4 is 9.80 Å². The second kappa shape index (κ2) is 20.4. The molecule has 0 atom stereocenters. The van der Waals surface area contributed by atoms with Gasteiger partial charge >= 0.3 is 18.2 Å². The van der Waals surface area contributed by atoms with Crippen molar-refractivity contribution in [1.29, 1.82) is 0 Å². The molecule has 0 bridgehead atoms. The minimum atomic E-state index is -0.632. The second-order valence-electron chi connectivity index (χ2n) is 17.5. The summed E-state index contributed by atoms with van der Waals surface area (Å²) in [5.41, 5.74) is 4.67. The van der Waals surface area contributed by atoms with E-state index in [0.29, 0.717) is 55.0 Å². The van der Waals surface area contributed by atoms with Gasteiger partial charge in [-0.15, -0.1) is 0 Å². The molecular formula is C45H55Br2IN6O8. The summed E-state index contributed by atoms with van der Waals surface area (Å²) in [4.78, 5) is 51.1. The zero-order valence-corrected chi connectivity index (χ0v) is 41.8. The van der Waals surface area contributed by atoms with Crippen molar-refractivity contribution < 1.29 is 38.1 Å². The molecule has 2 saturated heterocycles. The highest BCUT2D eigenvalue weighted by atomic mass is 127. The van der Waals surface area contributed by atoms with Crippen LogP contribution in [0.2, 0.25) is 0 Å². The highest BCUT2D eigenvalue weighted by Gasteiger charge is 2.31. The normalized spacial score (nSPS) is 15.2. The van der Waals surface area contributed by atoms with E-state index in [4.69, 9.17) is 28.7 Å². The van der Waals surface area contributed by atoms with Gasteiger partial charge in [0.05, 0.1) is 42.1 Å². The van der Waals surface area contributed by atoms with Gasteiger partial charge in [0.2, 0.25) is 0 Å². The van der Waals surface area contributed by atoms with E-state index in [1.165, 1.54) is 7.11 Å². The Morgan fingerprint density at radius 3 is 1.69 bits per heavy atom. The quantitative estimate of drug-likeness (QED) is 0.0838. The van der Waals surface area contributed by atoms with Gasteiger partial charge < -0.3 is 23.7 Å². The molecule has 0 aliphatic carbocycles. The number of carbonyl (C=O) groups is 3. The van der Waals surface area contributed by atoms with Crippen molar-refractivity contribution in [2.45, 2.75) is 85.4 Å². The van der Waals surface area contributed by atoms with E-state index in [1.807, 2.05) is 93.9 Å². The summed E-state index contributed by atoms with van der Waals surface area (Å²) in [6, 6.07) is 9.40. The van der Waals surface area contributed by atoms with Crippen LogP contribution in [0.5, 0.6) is 0 Å². The van der Waals surface area contributed by atoms with E-state index in [2.05, 4.69) is 59.4 Å². The highest BCUT2D eigenvalue weighted by Crippen LogP contribution is 2.34. The summed E-state index contributed by atoms with van der Waals surface area (Å²) < 4.78 is 33.9. The van der Waals surface area contributed by atoms with Crippen LogP contribution in [0.4, 0.5) is 21.0 Å². The maximum absolute atomic E-state index is 13.4. The number of anilines is 2. The summed E-state index contributed by atoms with van der Waals surface area (Å²) in [6.45, 7) is 17.1. The van der Waals surface area contributed by atoms with Crippen molar-refractivity contribution in [3.8, 4) is 11.3 Å². The number of ether oxygens (including phenoxy) is 5. The lowest BCUT2D eigenvalue weighted by atomic mass is 9.99.